The van der Waals surface area contributed by atoms with Crippen LogP contribution in [0.4, 0.5) is 10.1 Å². The number of nitrogens with zero attached hydrogens (tertiary/aromatic N) is 4. The molecular weight excluding hydrogens is 345 g/mol. The van der Waals surface area contributed by atoms with Crippen LogP contribution in [-0.2, 0) is 4.79 Å². The van der Waals surface area contributed by atoms with Gasteiger partial charge in [0.15, 0.2) is 0 Å². The van der Waals surface area contributed by atoms with Crippen LogP contribution >= 0.6 is 11.8 Å². The summed E-state index contributed by atoms with van der Waals surface area (Å²) in [4.78, 5) is 12.0. The van der Waals surface area contributed by atoms with E-state index < -0.39 is 5.82 Å². The number of hydrogen-bond acceptors (Lipinski definition) is 6. The third-order valence-electron chi connectivity index (χ3n) is 3.27. The van der Waals surface area contributed by atoms with Crippen molar-refractivity contribution in [1.29, 1.82) is 0 Å². The van der Waals surface area contributed by atoms with E-state index in [9.17, 15) is 14.3 Å². The van der Waals surface area contributed by atoms with E-state index in [4.69, 9.17) is 0 Å². The molecule has 128 valence electrons. The van der Waals surface area contributed by atoms with Gasteiger partial charge in [0.25, 0.3) is 0 Å². The lowest BCUT2D eigenvalue weighted by Gasteiger charge is -2.07. The first-order valence-corrected chi connectivity index (χ1v) is 8.28. The van der Waals surface area contributed by atoms with Crippen molar-refractivity contribution in [2.24, 2.45) is 0 Å². The normalized spacial score (nSPS) is 10.6. The Hall–Kier alpha value is -2.94. The number of halogens is 1. The van der Waals surface area contributed by atoms with Crippen molar-refractivity contribution < 1.29 is 14.3 Å². The highest BCUT2D eigenvalue weighted by Gasteiger charge is 2.13. The van der Waals surface area contributed by atoms with E-state index in [0.29, 0.717) is 10.8 Å². The number of nitrogens with one attached hydrogen (secondary N) is 1. The van der Waals surface area contributed by atoms with Gasteiger partial charge in [-0.2, -0.15) is 4.68 Å². The van der Waals surface area contributed by atoms with Gasteiger partial charge in [-0.05, 0) is 59.3 Å². The van der Waals surface area contributed by atoms with Crippen LogP contribution < -0.4 is 5.32 Å². The molecule has 3 aromatic rings. The van der Waals surface area contributed by atoms with Gasteiger partial charge in [0.2, 0.25) is 11.1 Å². The molecule has 7 nitrogen and oxygen atoms in total. The van der Waals surface area contributed by atoms with E-state index in [-0.39, 0.29) is 23.1 Å². The number of phenolic OH excluding ortho intramolecular Hbond substituents is 1. The maximum absolute atomic E-state index is 13.8. The molecule has 3 rings (SSSR count). The molecule has 1 amide bonds. The third-order valence-corrected chi connectivity index (χ3v) is 4.19. The first-order valence-electron chi connectivity index (χ1n) is 7.29. The number of aromatic hydroxyl groups is 1. The Kier molecular flexibility index (Phi) is 4.94. The largest absolute Gasteiger partial charge is 0.508 e. The lowest BCUT2D eigenvalue weighted by atomic mass is 10.2. The molecule has 1 heterocycles. The van der Waals surface area contributed by atoms with Crippen LogP contribution in [0.3, 0.4) is 0 Å². The number of anilines is 1. The summed E-state index contributed by atoms with van der Waals surface area (Å²) in [6, 6.07) is 10.9. The molecule has 0 saturated carbocycles. The minimum absolute atomic E-state index is 0.0196. The SMILES string of the molecule is Cc1ccc(NC(=O)CSc2nnnn2-c2ccc(O)cc2)c(F)c1. The number of benzene rings is 2. The molecule has 0 bridgehead atoms. The Labute approximate surface area is 146 Å². The van der Waals surface area contributed by atoms with Crippen LogP contribution in [0.15, 0.2) is 47.6 Å². The molecule has 0 saturated heterocycles. The van der Waals surface area contributed by atoms with Gasteiger partial charge in [-0.3, -0.25) is 4.79 Å². The Bertz CT molecular complexity index is 898. The smallest absolute Gasteiger partial charge is 0.234 e. The zero-order chi connectivity index (χ0) is 17.8. The molecule has 0 aliphatic rings. The van der Waals surface area contributed by atoms with Crippen LogP contribution in [0.5, 0.6) is 5.75 Å². The predicted molar refractivity (Wildman–Crippen MR) is 91.3 cm³/mol. The van der Waals surface area contributed by atoms with Gasteiger partial charge in [0.05, 0.1) is 17.1 Å². The molecule has 25 heavy (non-hydrogen) atoms. The van der Waals surface area contributed by atoms with Gasteiger partial charge in [0, 0.05) is 0 Å². The standard InChI is InChI=1S/C16H14FN5O2S/c1-10-2-7-14(13(17)8-10)18-15(24)9-25-16-19-20-21-22(16)11-3-5-12(23)6-4-11/h2-8,23H,9H2,1H3,(H,18,24). The van der Waals surface area contributed by atoms with Gasteiger partial charge in [-0.25, -0.2) is 4.39 Å². The van der Waals surface area contributed by atoms with Crippen molar-refractivity contribution in [1.82, 2.24) is 20.2 Å². The summed E-state index contributed by atoms with van der Waals surface area (Å²) in [5, 5.41) is 23.6. The van der Waals surface area contributed by atoms with Crippen molar-refractivity contribution in [3.05, 3.63) is 53.8 Å². The Balaban J connectivity index is 1.65. The fraction of sp³-hybridized carbons (Fsp3) is 0.125. The number of phenols is 1. The number of aromatic nitrogens is 4. The molecular formula is C16H14FN5O2S. The maximum atomic E-state index is 13.8. The number of thioether (sulfide) groups is 1. The quantitative estimate of drug-likeness (QED) is 0.680. The average Bonchev–Trinajstić information content (AvgIpc) is 3.05. The first kappa shape index (κ1) is 16.9. The van der Waals surface area contributed by atoms with Crippen molar-refractivity contribution in [2.45, 2.75) is 12.1 Å². The second-order valence-electron chi connectivity index (χ2n) is 5.21. The lowest BCUT2D eigenvalue weighted by Crippen LogP contribution is -2.15. The Morgan fingerprint density at radius 1 is 1.28 bits per heavy atom. The average molecular weight is 359 g/mol. The Morgan fingerprint density at radius 2 is 2.04 bits per heavy atom. The van der Waals surface area contributed by atoms with Crippen molar-refractivity contribution in [2.75, 3.05) is 11.1 Å². The second kappa shape index (κ2) is 7.31. The summed E-state index contributed by atoms with van der Waals surface area (Å²) in [7, 11) is 0. The number of hydrogen-bond donors (Lipinski definition) is 2. The zero-order valence-electron chi connectivity index (χ0n) is 13.2. The van der Waals surface area contributed by atoms with Crippen LogP contribution in [0, 0.1) is 12.7 Å². The summed E-state index contributed by atoms with van der Waals surface area (Å²) < 4.78 is 15.2. The molecule has 0 spiro atoms. The van der Waals surface area contributed by atoms with Gasteiger partial charge in [-0.1, -0.05) is 17.8 Å². The highest BCUT2D eigenvalue weighted by atomic mass is 32.2. The molecule has 0 aliphatic heterocycles. The van der Waals surface area contributed by atoms with Gasteiger partial charge in [-0.15, -0.1) is 5.10 Å². The molecule has 2 N–H and O–H groups in total. The topological polar surface area (TPSA) is 92.9 Å². The summed E-state index contributed by atoms with van der Waals surface area (Å²) >= 11 is 1.12. The van der Waals surface area contributed by atoms with E-state index >= 15 is 0 Å². The van der Waals surface area contributed by atoms with Gasteiger partial charge < -0.3 is 10.4 Å². The second-order valence-corrected chi connectivity index (χ2v) is 6.15. The Morgan fingerprint density at radius 3 is 2.76 bits per heavy atom. The van der Waals surface area contributed by atoms with Crippen molar-refractivity contribution >= 4 is 23.4 Å². The fourth-order valence-corrected chi connectivity index (χ4v) is 2.75. The third kappa shape index (κ3) is 4.13. The predicted octanol–water partition coefficient (Wildman–Crippen LogP) is 2.55. The van der Waals surface area contributed by atoms with E-state index in [1.807, 2.05) is 0 Å². The summed E-state index contributed by atoms with van der Waals surface area (Å²) in [6.07, 6.45) is 0. The molecule has 9 heteroatoms. The summed E-state index contributed by atoms with van der Waals surface area (Å²) in [6.45, 7) is 1.77. The molecule has 1 aromatic heterocycles. The van der Waals surface area contributed by atoms with E-state index in [1.54, 1.807) is 25.1 Å². The number of rotatable bonds is 5. The lowest BCUT2D eigenvalue weighted by molar-refractivity contribution is -0.113. The number of carbonyl (C=O) groups is 1. The first-order chi connectivity index (χ1) is 12.0. The van der Waals surface area contributed by atoms with Gasteiger partial charge >= 0.3 is 0 Å². The number of carbonyl (C=O) groups excluding carboxylic acids is 1. The summed E-state index contributed by atoms with van der Waals surface area (Å²) in [5.41, 5.74) is 1.56. The van der Waals surface area contributed by atoms with Crippen LogP contribution in [0.25, 0.3) is 5.69 Å². The summed E-state index contributed by atoms with van der Waals surface area (Å²) in [5.74, 6) is -0.697. The van der Waals surface area contributed by atoms with Crippen LogP contribution in [0.1, 0.15) is 5.56 Å². The molecule has 0 aliphatic carbocycles. The number of amides is 1. The molecule has 0 unspecified atom stereocenters. The minimum Gasteiger partial charge on any atom is -0.508 e. The molecule has 0 radical (unpaired) electrons. The van der Waals surface area contributed by atoms with E-state index in [1.165, 1.54) is 28.9 Å². The molecule has 0 fully saturated rings. The van der Waals surface area contributed by atoms with Crippen molar-refractivity contribution in [3.63, 3.8) is 0 Å². The van der Waals surface area contributed by atoms with E-state index in [2.05, 4.69) is 20.8 Å². The van der Waals surface area contributed by atoms with Gasteiger partial charge in [0.1, 0.15) is 11.6 Å². The minimum atomic E-state index is -0.479. The van der Waals surface area contributed by atoms with Crippen LogP contribution in [-0.4, -0.2) is 37.0 Å². The zero-order valence-corrected chi connectivity index (χ0v) is 14.0. The number of tetrazole rings is 1. The molecule has 2 aromatic carbocycles. The maximum Gasteiger partial charge on any atom is 0.234 e. The fourth-order valence-electron chi connectivity index (χ4n) is 2.06. The van der Waals surface area contributed by atoms with Crippen molar-refractivity contribution in [3.8, 4) is 11.4 Å². The molecule has 0 atom stereocenters. The van der Waals surface area contributed by atoms with E-state index in [0.717, 1.165) is 17.3 Å². The highest BCUT2D eigenvalue weighted by Crippen LogP contribution is 2.21. The number of aryl methyl sites for hydroxylation is 1. The highest BCUT2D eigenvalue weighted by molar-refractivity contribution is 7.99. The monoisotopic (exact) mass is 359 g/mol. The van der Waals surface area contributed by atoms with Crippen LogP contribution in [0.2, 0.25) is 0 Å².